The number of carbonyl (C=O) groups excluding carboxylic acids is 1. The van der Waals surface area contributed by atoms with Crippen LogP contribution < -0.4 is 15.4 Å². The fourth-order valence-electron chi connectivity index (χ4n) is 2.03. The molecule has 0 aliphatic heterocycles. The lowest BCUT2D eigenvalue weighted by Crippen LogP contribution is -2.34. The highest BCUT2D eigenvalue weighted by Crippen LogP contribution is 2.13. The SMILES string of the molecule is Cc1cccc(NC(=S)NC(=O)c2ccc(OCC(C)C)cc2)c1. The summed E-state index contributed by atoms with van der Waals surface area (Å²) in [5, 5.41) is 5.95. The molecule has 0 heterocycles. The molecule has 0 radical (unpaired) electrons. The number of carbonyl (C=O) groups is 1. The Morgan fingerprint density at radius 3 is 2.50 bits per heavy atom. The van der Waals surface area contributed by atoms with E-state index >= 15 is 0 Å². The molecule has 0 spiro atoms. The van der Waals surface area contributed by atoms with Gasteiger partial charge in [0.05, 0.1) is 6.61 Å². The van der Waals surface area contributed by atoms with E-state index in [0.717, 1.165) is 17.0 Å². The molecule has 0 unspecified atom stereocenters. The van der Waals surface area contributed by atoms with Gasteiger partial charge in [0.1, 0.15) is 5.75 Å². The summed E-state index contributed by atoms with van der Waals surface area (Å²) in [6, 6.07) is 14.8. The highest BCUT2D eigenvalue weighted by Gasteiger charge is 2.08. The predicted molar refractivity (Wildman–Crippen MR) is 102 cm³/mol. The topological polar surface area (TPSA) is 50.4 Å². The first kappa shape index (κ1) is 17.9. The molecule has 0 atom stereocenters. The van der Waals surface area contributed by atoms with E-state index in [1.54, 1.807) is 24.3 Å². The number of nitrogens with one attached hydrogen (secondary N) is 2. The molecule has 0 aliphatic rings. The van der Waals surface area contributed by atoms with Crippen LogP contribution in [0.15, 0.2) is 48.5 Å². The molecular formula is C19H22N2O2S. The Bertz CT molecular complexity index is 712. The van der Waals surface area contributed by atoms with Crippen molar-refractivity contribution in [1.29, 1.82) is 0 Å². The smallest absolute Gasteiger partial charge is 0.257 e. The Labute approximate surface area is 148 Å². The number of rotatable bonds is 5. The van der Waals surface area contributed by atoms with Gasteiger partial charge in [-0.15, -0.1) is 0 Å². The van der Waals surface area contributed by atoms with Crippen molar-refractivity contribution < 1.29 is 9.53 Å². The van der Waals surface area contributed by atoms with Gasteiger partial charge in [0, 0.05) is 11.3 Å². The third-order valence-electron chi connectivity index (χ3n) is 3.20. The molecule has 0 aromatic heterocycles. The van der Waals surface area contributed by atoms with Gasteiger partial charge in [-0.2, -0.15) is 0 Å². The van der Waals surface area contributed by atoms with Gasteiger partial charge in [0.25, 0.3) is 5.91 Å². The Balaban J connectivity index is 1.90. The number of anilines is 1. The van der Waals surface area contributed by atoms with E-state index in [4.69, 9.17) is 17.0 Å². The van der Waals surface area contributed by atoms with Gasteiger partial charge in [-0.1, -0.05) is 26.0 Å². The first-order valence-electron chi connectivity index (χ1n) is 7.86. The van der Waals surface area contributed by atoms with Crippen LogP contribution in [-0.2, 0) is 0 Å². The molecule has 126 valence electrons. The van der Waals surface area contributed by atoms with Gasteiger partial charge >= 0.3 is 0 Å². The summed E-state index contributed by atoms with van der Waals surface area (Å²) in [6.45, 7) is 6.82. The molecule has 5 heteroatoms. The summed E-state index contributed by atoms with van der Waals surface area (Å²) in [7, 11) is 0. The Kier molecular flexibility index (Phi) is 6.32. The average Bonchev–Trinajstić information content (AvgIpc) is 2.53. The van der Waals surface area contributed by atoms with Crippen molar-refractivity contribution in [2.45, 2.75) is 20.8 Å². The maximum absolute atomic E-state index is 12.2. The van der Waals surface area contributed by atoms with E-state index in [1.165, 1.54) is 0 Å². The third kappa shape index (κ3) is 5.66. The van der Waals surface area contributed by atoms with Crippen molar-refractivity contribution in [3.63, 3.8) is 0 Å². The van der Waals surface area contributed by atoms with Crippen LogP contribution in [0.5, 0.6) is 5.75 Å². The second kappa shape index (κ2) is 8.45. The largest absolute Gasteiger partial charge is 0.493 e. The summed E-state index contributed by atoms with van der Waals surface area (Å²) >= 11 is 5.18. The van der Waals surface area contributed by atoms with Crippen molar-refractivity contribution in [3.05, 3.63) is 59.7 Å². The van der Waals surface area contributed by atoms with Gasteiger partial charge in [-0.3, -0.25) is 10.1 Å². The Morgan fingerprint density at radius 2 is 1.88 bits per heavy atom. The van der Waals surface area contributed by atoms with Crippen LogP contribution >= 0.6 is 12.2 Å². The van der Waals surface area contributed by atoms with E-state index in [0.29, 0.717) is 18.1 Å². The van der Waals surface area contributed by atoms with Crippen LogP contribution in [0.1, 0.15) is 29.8 Å². The van der Waals surface area contributed by atoms with Crippen LogP contribution in [0.2, 0.25) is 0 Å². The molecular weight excluding hydrogens is 320 g/mol. The number of ether oxygens (including phenoxy) is 1. The molecule has 1 amide bonds. The minimum absolute atomic E-state index is 0.254. The third-order valence-corrected chi connectivity index (χ3v) is 3.41. The Hall–Kier alpha value is -2.40. The predicted octanol–water partition coefficient (Wildman–Crippen LogP) is 4.16. The molecule has 2 rings (SSSR count). The van der Waals surface area contributed by atoms with Crippen LogP contribution in [-0.4, -0.2) is 17.6 Å². The monoisotopic (exact) mass is 342 g/mol. The normalized spacial score (nSPS) is 10.3. The zero-order valence-corrected chi connectivity index (χ0v) is 14.9. The second-order valence-corrected chi connectivity index (χ2v) is 6.42. The average molecular weight is 342 g/mol. The summed E-state index contributed by atoms with van der Waals surface area (Å²) in [4.78, 5) is 12.2. The lowest BCUT2D eigenvalue weighted by atomic mass is 10.2. The maximum atomic E-state index is 12.2. The molecule has 4 nitrogen and oxygen atoms in total. The number of benzene rings is 2. The summed E-state index contributed by atoms with van der Waals surface area (Å²) in [5.74, 6) is 0.953. The maximum Gasteiger partial charge on any atom is 0.257 e. The molecule has 0 saturated heterocycles. The van der Waals surface area contributed by atoms with Crippen molar-refractivity contribution in [2.24, 2.45) is 5.92 Å². The quantitative estimate of drug-likeness (QED) is 0.801. The van der Waals surface area contributed by atoms with E-state index in [-0.39, 0.29) is 11.0 Å². The van der Waals surface area contributed by atoms with E-state index in [1.807, 2.05) is 31.2 Å². The minimum Gasteiger partial charge on any atom is -0.493 e. The summed E-state index contributed by atoms with van der Waals surface area (Å²) in [5.41, 5.74) is 2.49. The zero-order valence-electron chi connectivity index (χ0n) is 14.1. The number of thiocarbonyl (C=S) groups is 1. The van der Waals surface area contributed by atoms with Gasteiger partial charge in [0.2, 0.25) is 0 Å². The molecule has 24 heavy (non-hydrogen) atoms. The molecule has 0 bridgehead atoms. The molecule has 0 fully saturated rings. The highest BCUT2D eigenvalue weighted by atomic mass is 32.1. The van der Waals surface area contributed by atoms with Crippen LogP contribution in [0, 0.1) is 12.8 Å². The first-order valence-corrected chi connectivity index (χ1v) is 8.26. The van der Waals surface area contributed by atoms with E-state index in [2.05, 4.69) is 24.5 Å². The lowest BCUT2D eigenvalue weighted by molar-refractivity contribution is 0.0977. The summed E-state index contributed by atoms with van der Waals surface area (Å²) < 4.78 is 5.60. The minimum atomic E-state index is -0.254. The molecule has 0 saturated carbocycles. The van der Waals surface area contributed by atoms with Gasteiger partial charge < -0.3 is 10.1 Å². The fraction of sp³-hybridized carbons (Fsp3) is 0.263. The first-order chi connectivity index (χ1) is 11.4. The van der Waals surface area contributed by atoms with E-state index in [9.17, 15) is 4.79 Å². The fourth-order valence-corrected chi connectivity index (χ4v) is 2.24. The number of hydrogen-bond donors (Lipinski definition) is 2. The van der Waals surface area contributed by atoms with Crippen LogP contribution in [0.4, 0.5) is 5.69 Å². The van der Waals surface area contributed by atoms with Gasteiger partial charge in [0.15, 0.2) is 5.11 Å². The Morgan fingerprint density at radius 1 is 1.17 bits per heavy atom. The summed E-state index contributed by atoms with van der Waals surface area (Å²) in [6.07, 6.45) is 0. The van der Waals surface area contributed by atoms with Crippen molar-refractivity contribution in [1.82, 2.24) is 5.32 Å². The van der Waals surface area contributed by atoms with Crippen molar-refractivity contribution in [3.8, 4) is 5.75 Å². The lowest BCUT2D eigenvalue weighted by Gasteiger charge is -2.11. The van der Waals surface area contributed by atoms with Crippen LogP contribution in [0.3, 0.4) is 0 Å². The number of hydrogen-bond acceptors (Lipinski definition) is 3. The highest BCUT2D eigenvalue weighted by molar-refractivity contribution is 7.80. The number of aryl methyl sites for hydroxylation is 1. The molecule has 2 N–H and O–H groups in total. The molecule has 0 aliphatic carbocycles. The van der Waals surface area contributed by atoms with Crippen molar-refractivity contribution >= 4 is 28.9 Å². The standard InChI is InChI=1S/C19H22N2O2S/c1-13(2)12-23-17-9-7-15(8-10-17)18(22)21-19(24)20-16-6-4-5-14(3)11-16/h4-11,13H,12H2,1-3H3,(H2,20,21,22,24). The second-order valence-electron chi connectivity index (χ2n) is 6.01. The zero-order chi connectivity index (χ0) is 17.5. The van der Waals surface area contributed by atoms with Crippen LogP contribution in [0.25, 0.3) is 0 Å². The van der Waals surface area contributed by atoms with Crippen molar-refractivity contribution in [2.75, 3.05) is 11.9 Å². The van der Waals surface area contributed by atoms with E-state index < -0.39 is 0 Å². The van der Waals surface area contributed by atoms with Gasteiger partial charge in [-0.05, 0) is 67.0 Å². The molecule has 2 aromatic carbocycles. The van der Waals surface area contributed by atoms with Gasteiger partial charge in [-0.25, -0.2) is 0 Å². The molecule has 2 aromatic rings. The number of amides is 1.